The second-order valence-corrected chi connectivity index (χ2v) is 6.00. The second kappa shape index (κ2) is 6.80. The lowest BCUT2D eigenvalue weighted by Gasteiger charge is -2.09. The molecule has 5 nitrogen and oxygen atoms in total. The van der Waals surface area contributed by atoms with Crippen LogP contribution in [0.15, 0.2) is 78.1 Å². The van der Waals surface area contributed by atoms with Gasteiger partial charge in [-0.3, -0.25) is 14.3 Å². The smallest absolute Gasteiger partial charge is 0.261 e. The maximum atomic E-state index is 12.8. The van der Waals surface area contributed by atoms with E-state index in [2.05, 4.69) is 9.97 Å². The first-order valence-corrected chi connectivity index (χ1v) is 8.27. The fourth-order valence-electron chi connectivity index (χ4n) is 2.96. The van der Waals surface area contributed by atoms with E-state index in [-0.39, 0.29) is 5.56 Å². The quantitative estimate of drug-likeness (QED) is 0.569. The van der Waals surface area contributed by atoms with Gasteiger partial charge in [0.25, 0.3) is 5.56 Å². The molecule has 128 valence electrons. The van der Waals surface area contributed by atoms with Gasteiger partial charge in [0, 0.05) is 12.4 Å². The summed E-state index contributed by atoms with van der Waals surface area (Å²) in [4.78, 5) is 21.3. The van der Waals surface area contributed by atoms with Crippen molar-refractivity contribution in [3.05, 3.63) is 89.2 Å². The van der Waals surface area contributed by atoms with E-state index in [1.54, 1.807) is 30.4 Å². The maximum Gasteiger partial charge on any atom is 0.261 e. The standard InChI is InChI=1S/C21H17N3O2/c1-26-18-4-2-3-15(11-18)13-24-14-23-20-12-17(5-6-19(20)21(24)25)16-7-9-22-10-8-16/h2-12,14H,13H2,1H3. The van der Waals surface area contributed by atoms with Crippen molar-refractivity contribution in [2.45, 2.75) is 6.54 Å². The average Bonchev–Trinajstić information content (AvgIpc) is 2.71. The summed E-state index contributed by atoms with van der Waals surface area (Å²) in [5, 5.41) is 0.605. The largest absolute Gasteiger partial charge is 0.497 e. The molecule has 0 bridgehead atoms. The predicted molar refractivity (Wildman–Crippen MR) is 101 cm³/mol. The summed E-state index contributed by atoms with van der Waals surface area (Å²) in [7, 11) is 1.63. The maximum absolute atomic E-state index is 12.8. The molecule has 0 aliphatic carbocycles. The van der Waals surface area contributed by atoms with E-state index in [1.807, 2.05) is 54.6 Å². The van der Waals surface area contributed by atoms with Gasteiger partial charge in [0.1, 0.15) is 5.75 Å². The van der Waals surface area contributed by atoms with E-state index in [9.17, 15) is 4.79 Å². The Hall–Kier alpha value is -3.47. The molecule has 26 heavy (non-hydrogen) atoms. The van der Waals surface area contributed by atoms with Crippen LogP contribution in [0.25, 0.3) is 22.0 Å². The highest BCUT2D eigenvalue weighted by molar-refractivity contribution is 5.83. The van der Waals surface area contributed by atoms with E-state index in [0.717, 1.165) is 22.4 Å². The van der Waals surface area contributed by atoms with Crippen molar-refractivity contribution in [2.24, 2.45) is 0 Å². The number of ether oxygens (including phenoxy) is 1. The first-order chi connectivity index (χ1) is 12.7. The number of aromatic nitrogens is 3. The molecule has 0 N–H and O–H groups in total. The second-order valence-electron chi connectivity index (χ2n) is 6.00. The van der Waals surface area contributed by atoms with Crippen molar-refractivity contribution in [3.8, 4) is 16.9 Å². The van der Waals surface area contributed by atoms with Gasteiger partial charge < -0.3 is 4.74 Å². The summed E-state index contributed by atoms with van der Waals surface area (Å²) in [5.74, 6) is 0.770. The molecule has 0 aliphatic heterocycles. The lowest BCUT2D eigenvalue weighted by molar-refractivity contribution is 0.414. The minimum absolute atomic E-state index is 0.0564. The normalized spacial score (nSPS) is 10.8. The van der Waals surface area contributed by atoms with Crippen LogP contribution in [-0.4, -0.2) is 21.6 Å². The van der Waals surface area contributed by atoms with E-state index in [0.29, 0.717) is 17.4 Å². The Kier molecular flexibility index (Phi) is 4.19. The Labute approximate surface area is 150 Å². The fraction of sp³-hybridized carbons (Fsp3) is 0.0952. The zero-order chi connectivity index (χ0) is 17.9. The Morgan fingerprint density at radius 1 is 1.00 bits per heavy atom. The van der Waals surface area contributed by atoms with E-state index in [4.69, 9.17) is 4.74 Å². The minimum Gasteiger partial charge on any atom is -0.497 e. The Balaban J connectivity index is 1.72. The lowest BCUT2D eigenvalue weighted by atomic mass is 10.1. The molecule has 0 radical (unpaired) electrons. The van der Waals surface area contributed by atoms with Gasteiger partial charge in [-0.05, 0) is 53.1 Å². The van der Waals surface area contributed by atoms with Crippen LogP contribution in [0.5, 0.6) is 5.75 Å². The van der Waals surface area contributed by atoms with Crippen LogP contribution < -0.4 is 10.3 Å². The van der Waals surface area contributed by atoms with Crippen LogP contribution in [0.2, 0.25) is 0 Å². The summed E-state index contributed by atoms with van der Waals surface area (Å²) in [6.45, 7) is 0.449. The van der Waals surface area contributed by atoms with Crippen LogP contribution in [0, 0.1) is 0 Å². The average molecular weight is 343 g/mol. The molecule has 2 aromatic heterocycles. The highest BCUT2D eigenvalue weighted by Crippen LogP contribution is 2.21. The number of fused-ring (bicyclic) bond motifs is 1. The molecule has 4 aromatic rings. The molecule has 2 aromatic carbocycles. The Morgan fingerprint density at radius 2 is 1.85 bits per heavy atom. The highest BCUT2D eigenvalue weighted by atomic mass is 16.5. The third-order valence-electron chi connectivity index (χ3n) is 4.33. The minimum atomic E-state index is -0.0564. The van der Waals surface area contributed by atoms with Crippen molar-refractivity contribution in [3.63, 3.8) is 0 Å². The molecule has 0 saturated carbocycles. The number of methoxy groups -OCH3 is 1. The molecule has 2 heterocycles. The molecular weight excluding hydrogens is 326 g/mol. The zero-order valence-electron chi connectivity index (χ0n) is 14.3. The summed E-state index contributed by atoms with van der Waals surface area (Å²) in [6, 6.07) is 17.3. The molecule has 0 atom stereocenters. The third kappa shape index (κ3) is 3.07. The molecule has 0 amide bonds. The SMILES string of the molecule is COc1cccc(Cn2cnc3cc(-c4ccncc4)ccc3c2=O)c1. The lowest BCUT2D eigenvalue weighted by Crippen LogP contribution is -2.21. The highest BCUT2D eigenvalue weighted by Gasteiger charge is 2.07. The summed E-state index contributed by atoms with van der Waals surface area (Å²) >= 11 is 0. The zero-order valence-corrected chi connectivity index (χ0v) is 14.3. The van der Waals surface area contributed by atoms with Crippen LogP contribution >= 0.6 is 0 Å². The van der Waals surface area contributed by atoms with Gasteiger partial charge in [-0.15, -0.1) is 0 Å². The van der Waals surface area contributed by atoms with Gasteiger partial charge in [-0.2, -0.15) is 0 Å². The molecule has 4 rings (SSSR count). The van der Waals surface area contributed by atoms with Gasteiger partial charge in [0.2, 0.25) is 0 Å². The number of hydrogen-bond donors (Lipinski definition) is 0. The monoisotopic (exact) mass is 343 g/mol. The van der Waals surface area contributed by atoms with Gasteiger partial charge in [0.05, 0.1) is 30.9 Å². The van der Waals surface area contributed by atoms with Crippen LogP contribution in [0.1, 0.15) is 5.56 Å². The van der Waals surface area contributed by atoms with Crippen molar-refractivity contribution >= 4 is 10.9 Å². The molecule has 0 saturated heterocycles. The first kappa shape index (κ1) is 16.0. The van der Waals surface area contributed by atoms with E-state index >= 15 is 0 Å². The van der Waals surface area contributed by atoms with Gasteiger partial charge in [-0.1, -0.05) is 18.2 Å². The summed E-state index contributed by atoms with van der Waals surface area (Å²) in [6.07, 6.45) is 5.10. The van der Waals surface area contributed by atoms with Crippen LogP contribution in [0.4, 0.5) is 0 Å². The molecule has 0 fully saturated rings. The van der Waals surface area contributed by atoms with Crippen LogP contribution in [0.3, 0.4) is 0 Å². The molecule has 0 aliphatic rings. The predicted octanol–water partition coefficient (Wildman–Crippen LogP) is 3.52. The van der Waals surface area contributed by atoms with Gasteiger partial charge in [0.15, 0.2) is 0 Å². The van der Waals surface area contributed by atoms with Crippen molar-refractivity contribution < 1.29 is 4.74 Å². The molecule has 0 spiro atoms. The first-order valence-electron chi connectivity index (χ1n) is 8.27. The van der Waals surface area contributed by atoms with Crippen molar-refractivity contribution in [1.82, 2.24) is 14.5 Å². The van der Waals surface area contributed by atoms with Gasteiger partial charge in [-0.25, -0.2) is 4.98 Å². The van der Waals surface area contributed by atoms with E-state index in [1.165, 1.54) is 0 Å². The van der Waals surface area contributed by atoms with Gasteiger partial charge >= 0.3 is 0 Å². The summed E-state index contributed by atoms with van der Waals surface area (Å²) in [5.41, 5.74) is 3.67. The number of hydrogen-bond acceptors (Lipinski definition) is 4. The number of pyridine rings is 1. The molecular formula is C21H17N3O2. The fourth-order valence-corrected chi connectivity index (χ4v) is 2.96. The summed E-state index contributed by atoms with van der Waals surface area (Å²) < 4.78 is 6.86. The Morgan fingerprint density at radius 3 is 2.65 bits per heavy atom. The topological polar surface area (TPSA) is 57.0 Å². The number of rotatable bonds is 4. The number of benzene rings is 2. The number of nitrogens with zero attached hydrogens (tertiary/aromatic N) is 3. The Bertz CT molecular complexity index is 1120. The molecule has 0 unspecified atom stereocenters. The van der Waals surface area contributed by atoms with Crippen LogP contribution in [-0.2, 0) is 6.54 Å². The third-order valence-corrected chi connectivity index (χ3v) is 4.33. The van der Waals surface area contributed by atoms with E-state index < -0.39 is 0 Å². The van der Waals surface area contributed by atoms with Crippen molar-refractivity contribution in [2.75, 3.05) is 7.11 Å². The molecule has 5 heteroatoms. The van der Waals surface area contributed by atoms with Crippen molar-refractivity contribution in [1.29, 1.82) is 0 Å².